The van der Waals surface area contributed by atoms with Gasteiger partial charge in [0, 0.05) is 13.6 Å². The van der Waals surface area contributed by atoms with E-state index in [2.05, 4.69) is 5.32 Å². The van der Waals surface area contributed by atoms with E-state index in [1.165, 1.54) is 25.2 Å². The van der Waals surface area contributed by atoms with Gasteiger partial charge in [-0.05, 0) is 11.6 Å². The van der Waals surface area contributed by atoms with Crippen LogP contribution in [0.4, 0.5) is 18.0 Å². The van der Waals surface area contributed by atoms with Crippen LogP contribution in [0, 0.1) is 0 Å². The maximum absolute atomic E-state index is 12.7. The summed E-state index contributed by atoms with van der Waals surface area (Å²) in [6.45, 7) is -0.870. The van der Waals surface area contributed by atoms with Crippen molar-refractivity contribution >= 4 is 12.0 Å². The highest BCUT2D eigenvalue weighted by Gasteiger charge is 2.32. The van der Waals surface area contributed by atoms with Gasteiger partial charge in [0.25, 0.3) is 0 Å². The van der Waals surface area contributed by atoms with E-state index in [1.54, 1.807) is 0 Å². The molecular weight excluding hydrogens is 277 g/mol. The van der Waals surface area contributed by atoms with Crippen LogP contribution in [0.5, 0.6) is 0 Å². The monoisotopic (exact) mass is 290 g/mol. The molecule has 0 aliphatic heterocycles. The van der Waals surface area contributed by atoms with Gasteiger partial charge in [0.2, 0.25) is 0 Å². The lowest BCUT2D eigenvalue weighted by molar-refractivity contribution is -0.138. The molecule has 0 bridgehead atoms. The molecule has 0 saturated heterocycles. The molecule has 20 heavy (non-hydrogen) atoms. The fourth-order valence-corrected chi connectivity index (χ4v) is 1.53. The van der Waals surface area contributed by atoms with Crippen LogP contribution in [0.15, 0.2) is 24.3 Å². The number of benzene rings is 1. The van der Waals surface area contributed by atoms with Gasteiger partial charge in [0.1, 0.15) is 6.54 Å². The number of alkyl halides is 3. The molecule has 0 spiro atoms. The number of nitrogens with one attached hydrogen (secondary N) is 1. The summed E-state index contributed by atoms with van der Waals surface area (Å²) in [5.74, 6) is -1.21. The minimum absolute atomic E-state index is 0.0860. The van der Waals surface area contributed by atoms with E-state index >= 15 is 0 Å². The molecule has 0 heterocycles. The van der Waals surface area contributed by atoms with Crippen molar-refractivity contribution in [3.63, 3.8) is 0 Å². The molecule has 0 aromatic heterocycles. The second-order valence-corrected chi connectivity index (χ2v) is 4.06. The molecular formula is C12H13F3N2O3. The molecule has 0 fully saturated rings. The number of nitrogens with zero attached hydrogens (tertiary/aromatic N) is 1. The van der Waals surface area contributed by atoms with Crippen LogP contribution in [0.3, 0.4) is 0 Å². The molecule has 1 aromatic rings. The molecule has 5 nitrogen and oxygen atoms in total. The molecule has 1 rings (SSSR count). The Morgan fingerprint density at radius 2 is 1.90 bits per heavy atom. The van der Waals surface area contributed by atoms with Gasteiger partial charge < -0.3 is 15.3 Å². The Morgan fingerprint density at radius 3 is 2.45 bits per heavy atom. The van der Waals surface area contributed by atoms with Crippen molar-refractivity contribution in [3.8, 4) is 0 Å². The van der Waals surface area contributed by atoms with Gasteiger partial charge >= 0.3 is 18.2 Å². The van der Waals surface area contributed by atoms with Crippen LogP contribution in [0.1, 0.15) is 11.1 Å². The van der Waals surface area contributed by atoms with Crippen LogP contribution in [0.25, 0.3) is 0 Å². The van der Waals surface area contributed by atoms with Gasteiger partial charge in [-0.3, -0.25) is 4.79 Å². The number of rotatable bonds is 4. The predicted octanol–water partition coefficient (Wildman–Crippen LogP) is 1.93. The van der Waals surface area contributed by atoms with E-state index in [9.17, 15) is 22.8 Å². The van der Waals surface area contributed by atoms with E-state index in [0.29, 0.717) is 0 Å². The molecule has 110 valence electrons. The van der Waals surface area contributed by atoms with Gasteiger partial charge in [0.15, 0.2) is 0 Å². The summed E-state index contributed by atoms with van der Waals surface area (Å²) in [7, 11) is 1.24. The number of hydrogen-bond acceptors (Lipinski definition) is 2. The van der Waals surface area contributed by atoms with Crippen molar-refractivity contribution in [1.29, 1.82) is 0 Å². The quantitative estimate of drug-likeness (QED) is 0.890. The predicted molar refractivity (Wildman–Crippen MR) is 63.9 cm³/mol. The van der Waals surface area contributed by atoms with E-state index in [1.807, 2.05) is 0 Å². The topological polar surface area (TPSA) is 69.6 Å². The maximum atomic E-state index is 12.7. The van der Waals surface area contributed by atoms with E-state index in [0.717, 1.165) is 11.0 Å². The second-order valence-electron chi connectivity index (χ2n) is 4.06. The molecule has 0 aliphatic carbocycles. The van der Waals surface area contributed by atoms with Crippen molar-refractivity contribution in [3.05, 3.63) is 35.4 Å². The normalized spacial score (nSPS) is 11.0. The van der Waals surface area contributed by atoms with E-state index < -0.39 is 30.3 Å². The third-order valence-corrected chi connectivity index (χ3v) is 2.47. The molecule has 2 amide bonds. The first kappa shape index (κ1) is 15.8. The first-order valence-corrected chi connectivity index (χ1v) is 5.57. The molecule has 0 atom stereocenters. The number of carbonyl (C=O) groups excluding carboxylic acids is 1. The SMILES string of the molecule is CN(CC(=O)O)C(=O)NCc1ccccc1C(F)(F)F. The zero-order valence-corrected chi connectivity index (χ0v) is 10.6. The van der Waals surface area contributed by atoms with E-state index in [-0.39, 0.29) is 12.1 Å². The number of carboxylic acid groups (broad SMARTS) is 1. The summed E-state index contributed by atoms with van der Waals surface area (Å²) in [5.41, 5.74) is -0.918. The highest BCUT2D eigenvalue weighted by molar-refractivity contribution is 5.79. The van der Waals surface area contributed by atoms with Crippen molar-refractivity contribution in [2.75, 3.05) is 13.6 Å². The van der Waals surface area contributed by atoms with Gasteiger partial charge in [-0.25, -0.2) is 4.79 Å². The number of halogens is 3. The van der Waals surface area contributed by atoms with Gasteiger partial charge in [-0.2, -0.15) is 13.2 Å². The molecule has 1 aromatic carbocycles. The highest BCUT2D eigenvalue weighted by atomic mass is 19.4. The summed E-state index contributed by atoms with van der Waals surface area (Å²) in [4.78, 5) is 22.7. The lowest BCUT2D eigenvalue weighted by Gasteiger charge is -2.17. The van der Waals surface area contributed by atoms with Crippen LogP contribution in [0.2, 0.25) is 0 Å². The number of carboxylic acids is 1. The molecule has 0 saturated carbocycles. The van der Waals surface area contributed by atoms with Crippen molar-refractivity contribution in [2.24, 2.45) is 0 Å². The Hall–Kier alpha value is -2.25. The van der Waals surface area contributed by atoms with E-state index in [4.69, 9.17) is 5.11 Å². The average Bonchev–Trinajstić information content (AvgIpc) is 2.34. The van der Waals surface area contributed by atoms with Gasteiger partial charge in [-0.1, -0.05) is 18.2 Å². The standard InChI is InChI=1S/C12H13F3N2O3/c1-17(7-10(18)19)11(20)16-6-8-4-2-3-5-9(8)12(13,14)15/h2-5H,6-7H2,1H3,(H,16,20)(H,18,19). The Labute approximate surface area is 113 Å². The molecule has 0 radical (unpaired) electrons. The fourth-order valence-electron chi connectivity index (χ4n) is 1.53. The summed E-state index contributed by atoms with van der Waals surface area (Å²) >= 11 is 0. The molecule has 8 heteroatoms. The van der Waals surface area contributed by atoms with Crippen LogP contribution < -0.4 is 5.32 Å². The molecule has 2 N–H and O–H groups in total. The summed E-state index contributed by atoms with van der Waals surface area (Å²) in [5, 5.41) is 10.7. The zero-order valence-electron chi connectivity index (χ0n) is 10.6. The first-order valence-electron chi connectivity index (χ1n) is 5.57. The number of amides is 2. The number of likely N-dealkylation sites (N-methyl/N-ethyl adjacent to an activating group) is 1. The maximum Gasteiger partial charge on any atom is 0.416 e. The molecule has 0 aliphatic rings. The van der Waals surface area contributed by atoms with Crippen LogP contribution in [-0.2, 0) is 17.5 Å². The summed E-state index contributed by atoms with van der Waals surface area (Å²) in [6, 6.07) is 4.09. The Bertz CT molecular complexity index is 503. The second kappa shape index (κ2) is 6.27. The van der Waals surface area contributed by atoms with Gasteiger partial charge in [0.05, 0.1) is 5.56 Å². The van der Waals surface area contributed by atoms with Crippen molar-refractivity contribution in [2.45, 2.75) is 12.7 Å². The number of urea groups is 1. The summed E-state index contributed by atoms with van der Waals surface area (Å²) in [6.07, 6.45) is -4.51. The Balaban J connectivity index is 2.71. The Morgan fingerprint density at radius 1 is 1.30 bits per heavy atom. The summed E-state index contributed by atoms with van der Waals surface area (Å²) < 4.78 is 38.1. The lowest BCUT2D eigenvalue weighted by atomic mass is 10.1. The highest BCUT2D eigenvalue weighted by Crippen LogP contribution is 2.31. The van der Waals surface area contributed by atoms with Gasteiger partial charge in [-0.15, -0.1) is 0 Å². The third-order valence-electron chi connectivity index (χ3n) is 2.47. The minimum atomic E-state index is -4.51. The van der Waals surface area contributed by atoms with Crippen LogP contribution in [-0.4, -0.2) is 35.6 Å². The lowest BCUT2D eigenvalue weighted by Crippen LogP contribution is -2.39. The number of carbonyl (C=O) groups is 2. The van der Waals surface area contributed by atoms with Crippen molar-refractivity contribution in [1.82, 2.24) is 10.2 Å². The third kappa shape index (κ3) is 4.45. The number of hydrogen-bond donors (Lipinski definition) is 2. The average molecular weight is 290 g/mol. The first-order chi connectivity index (χ1) is 9.21. The number of aliphatic carboxylic acids is 1. The van der Waals surface area contributed by atoms with Crippen molar-refractivity contribution < 1.29 is 27.9 Å². The largest absolute Gasteiger partial charge is 0.480 e. The Kier molecular flexibility index (Phi) is 4.95. The zero-order chi connectivity index (χ0) is 15.3. The molecule has 0 unspecified atom stereocenters. The minimum Gasteiger partial charge on any atom is -0.480 e. The smallest absolute Gasteiger partial charge is 0.416 e. The fraction of sp³-hybridized carbons (Fsp3) is 0.333. The van der Waals surface area contributed by atoms with Crippen LogP contribution >= 0.6 is 0 Å².